The predicted molar refractivity (Wildman–Crippen MR) is 83.7 cm³/mol. The summed E-state index contributed by atoms with van der Waals surface area (Å²) in [6.45, 7) is 0. The van der Waals surface area contributed by atoms with Crippen LogP contribution >= 0.6 is 15.9 Å². The zero-order chi connectivity index (χ0) is 14.8. The van der Waals surface area contributed by atoms with Gasteiger partial charge in [0.1, 0.15) is 5.82 Å². The zero-order valence-electron chi connectivity index (χ0n) is 11.4. The number of carbonyl (C=O) groups excluding carboxylic acids is 1. The fourth-order valence-electron chi connectivity index (χ4n) is 2.85. The monoisotopic (exact) mass is 347 g/mol. The highest BCUT2D eigenvalue weighted by Crippen LogP contribution is 2.30. The van der Waals surface area contributed by atoms with Gasteiger partial charge in [-0.2, -0.15) is 0 Å². The van der Waals surface area contributed by atoms with Gasteiger partial charge in [0.05, 0.1) is 11.6 Å². The van der Waals surface area contributed by atoms with E-state index in [2.05, 4.69) is 27.3 Å². The average molecular weight is 348 g/mol. The van der Waals surface area contributed by atoms with Crippen molar-refractivity contribution in [1.29, 1.82) is 0 Å². The second kappa shape index (κ2) is 5.98. The smallest absolute Gasteiger partial charge is 0.255 e. The largest absolute Gasteiger partial charge is 0.345 e. The van der Waals surface area contributed by atoms with Gasteiger partial charge in [-0.1, -0.05) is 30.3 Å². The summed E-state index contributed by atoms with van der Waals surface area (Å²) in [5.41, 5.74) is 2.48. The molecule has 1 atom stereocenters. The van der Waals surface area contributed by atoms with Gasteiger partial charge in [0.25, 0.3) is 5.91 Å². The van der Waals surface area contributed by atoms with Crippen LogP contribution in [0.5, 0.6) is 0 Å². The summed E-state index contributed by atoms with van der Waals surface area (Å²) in [5, 5.41) is 2.96. The Kier molecular flexibility index (Phi) is 4.06. The van der Waals surface area contributed by atoms with Crippen LogP contribution in [0.25, 0.3) is 0 Å². The summed E-state index contributed by atoms with van der Waals surface area (Å²) in [4.78, 5) is 12.4. The number of benzene rings is 2. The van der Waals surface area contributed by atoms with Crippen LogP contribution in [0.4, 0.5) is 4.39 Å². The lowest BCUT2D eigenvalue weighted by Crippen LogP contribution is -2.31. The molecule has 0 heterocycles. The summed E-state index contributed by atoms with van der Waals surface area (Å²) < 4.78 is 14.3. The van der Waals surface area contributed by atoms with Gasteiger partial charge >= 0.3 is 0 Å². The van der Waals surface area contributed by atoms with Gasteiger partial charge in [0.15, 0.2) is 0 Å². The highest BCUT2D eigenvalue weighted by Gasteiger charge is 2.24. The minimum atomic E-state index is -0.508. The summed E-state index contributed by atoms with van der Waals surface area (Å²) in [6, 6.07) is 12.6. The maximum absolute atomic E-state index is 13.9. The van der Waals surface area contributed by atoms with Crippen LogP contribution in [0.3, 0.4) is 0 Å². The number of hydrogen-bond donors (Lipinski definition) is 1. The Balaban J connectivity index is 1.86. The minimum Gasteiger partial charge on any atom is -0.345 e. The van der Waals surface area contributed by atoms with E-state index in [0.29, 0.717) is 4.47 Å². The Morgan fingerprint density at radius 1 is 1.19 bits per heavy atom. The van der Waals surface area contributed by atoms with Gasteiger partial charge in [-0.3, -0.25) is 4.79 Å². The number of carbonyl (C=O) groups is 1. The second-order valence-corrected chi connectivity index (χ2v) is 6.07. The van der Waals surface area contributed by atoms with E-state index >= 15 is 0 Å². The number of fused-ring (bicyclic) bond motifs is 1. The minimum absolute atomic E-state index is 0.0473. The third-order valence-corrected chi connectivity index (χ3v) is 4.53. The first-order valence-corrected chi connectivity index (χ1v) is 7.79. The number of halogens is 2. The van der Waals surface area contributed by atoms with Crippen LogP contribution in [0.2, 0.25) is 0 Å². The van der Waals surface area contributed by atoms with E-state index in [9.17, 15) is 9.18 Å². The molecule has 0 saturated carbocycles. The molecule has 1 aliphatic carbocycles. The van der Waals surface area contributed by atoms with Gasteiger partial charge in [0, 0.05) is 4.47 Å². The van der Waals surface area contributed by atoms with Crippen molar-refractivity contribution in [1.82, 2.24) is 5.32 Å². The Hall–Kier alpha value is -1.68. The lowest BCUT2D eigenvalue weighted by molar-refractivity contribution is 0.0928. The molecule has 2 nitrogen and oxygen atoms in total. The predicted octanol–water partition coefficient (Wildman–Crippen LogP) is 4.40. The first-order valence-electron chi connectivity index (χ1n) is 6.99. The lowest BCUT2D eigenvalue weighted by atomic mass is 9.87. The highest BCUT2D eigenvalue weighted by molar-refractivity contribution is 9.10. The Labute approximate surface area is 131 Å². The fraction of sp³-hybridized carbons (Fsp3) is 0.235. The van der Waals surface area contributed by atoms with E-state index in [1.54, 1.807) is 12.1 Å². The molecule has 0 radical (unpaired) electrons. The molecular formula is C17H15BrFNO. The Morgan fingerprint density at radius 2 is 2.00 bits per heavy atom. The van der Waals surface area contributed by atoms with E-state index in [1.165, 1.54) is 11.6 Å². The summed E-state index contributed by atoms with van der Waals surface area (Å²) >= 11 is 3.24. The second-order valence-electron chi connectivity index (χ2n) is 5.21. The summed E-state index contributed by atoms with van der Waals surface area (Å²) in [6.07, 6.45) is 2.95. The zero-order valence-corrected chi connectivity index (χ0v) is 13.0. The van der Waals surface area contributed by atoms with E-state index in [0.717, 1.165) is 24.8 Å². The lowest BCUT2D eigenvalue weighted by Gasteiger charge is -2.26. The molecular weight excluding hydrogens is 333 g/mol. The molecule has 0 spiro atoms. The third-order valence-electron chi connectivity index (χ3n) is 3.86. The molecule has 0 aromatic heterocycles. The van der Waals surface area contributed by atoms with E-state index in [1.807, 2.05) is 18.2 Å². The summed E-state index contributed by atoms with van der Waals surface area (Å²) in [7, 11) is 0. The van der Waals surface area contributed by atoms with Crippen molar-refractivity contribution in [2.75, 3.05) is 0 Å². The molecule has 2 aromatic carbocycles. The maximum Gasteiger partial charge on any atom is 0.255 e. The van der Waals surface area contributed by atoms with Gasteiger partial charge in [0.2, 0.25) is 0 Å². The first-order chi connectivity index (χ1) is 10.2. The summed E-state index contributed by atoms with van der Waals surface area (Å²) in [5.74, 6) is -0.882. The van der Waals surface area contributed by atoms with Crippen LogP contribution in [-0.2, 0) is 6.42 Å². The molecule has 4 heteroatoms. The Bertz CT molecular complexity index is 666. The SMILES string of the molecule is O=C(NC1CCCc2ccccc21)c1c(F)cccc1Br. The third kappa shape index (κ3) is 2.86. The standard InChI is InChI=1S/C17H15BrFNO/c18-13-8-4-9-14(19)16(13)17(21)20-15-10-3-6-11-5-1-2-7-12(11)15/h1-2,4-5,7-9,15H,3,6,10H2,(H,20,21). The van der Waals surface area contributed by atoms with Crippen LogP contribution in [0.1, 0.15) is 40.4 Å². The molecule has 0 fully saturated rings. The normalized spacial score (nSPS) is 17.1. The molecule has 0 bridgehead atoms. The molecule has 0 aliphatic heterocycles. The first kappa shape index (κ1) is 14.3. The van der Waals surface area contributed by atoms with Crippen molar-refractivity contribution in [2.45, 2.75) is 25.3 Å². The van der Waals surface area contributed by atoms with Crippen molar-refractivity contribution in [3.8, 4) is 0 Å². The Morgan fingerprint density at radius 3 is 2.81 bits per heavy atom. The van der Waals surface area contributed by atoms with Crippen molar-refractivity contribution in [3.63, 3.8) is 0 Å². The topological polar surface area (TPSA) is 29.1 Å². The fourth-order valence-corrected chi connectivity index (χ4v) is 3.37. The van der Waals surface area contributed by atoms with Gasteiger partial charge in [-0.25, -0.2) is 4.39 Å². The van der Waals surface area contributed by atoms with E-state index in [-0.39, 0.29) is 17.5 Å². The number of hydrogen-bond acceptors (Lipinski definition) is 1. The molecule has 0 saturated heterocycles. The molecule has 108 valence electrons. The van der Waals surface area contributed by atoms with Crippen molar-refractivity contribution in [2.24, 2.45) is 0 Å². The molecule has 1 amide bonds. The molecule has 1 N–H and O–H groups in total. The van der Waals surface area contributed by atoms with Gasteiger partial charge < -0.3 is 5.32 Å². The molecule has 1 aliphatic rings. The van der Waals surface area contributed by atoms with E-state index < -0.39 is 5.82 Å². The average Bonchev–Trinajstić information content (AvgIpc) is 2.47. The number of nitrogens with one attached hydrogen (secondary N) is 1. The van der Waals surface area contributed by atoms with Crippen molar-refractivity contribution in [3.05, 3.63) is 69.4 Å². The van der Waals surface area contributed by atoms with Crippen LogP contribution in [0.15, 0.2) is 46.9 Å². The maximum atomic E-state index is 13.9. The molecule has 21 heavy (non-hydrogen) atoms. The molecule has 3 rings (SSSR count). The number of rotatable bonds is 2. The van der Waals surface area contributed by atoms with Gasteiger partial charge in [-0.15, -0.1) is 0 Å². The highest BCUT2D eigenvalue weighted by atomic mass is 79.9. The van der Waals surface area contributed by atoms with Gasteiger partial charge in [-0.05, 0) is 58.5 Å². The van der Waals surface area contributed by atoms with Crippen LogP contribution in [-0.4, -0.2) is 5.91 Å². The van der Waals surface area contributed by atoms with Crippen molar-refractivity contribution >= 4 is 21.8 Å². The van der Waals surface area contributed by atoms with Crippen LogP contribution in [0, 0.1) is 5.82 Å². The van der Waals surface area contributed by atoms with E-state index in [4.69, 9.17) is 0 Å². The number of amides is 1. The quantitative estimate of drug-likeness (QED) is 0.857. The van der Waals surface area contributed by atoms with Crippen LogP contribution < -0.4 is 5.32 Å². The number of aryl methyl sites for hydroxylation is 1. The van der Waals surface area contributed by atoms with Crippen molar-refractivity contribution < 1.29 is 9.18 Å². The molecule has 1 unspecified atom stereocenters. The molecule has 2 aromatic rings.